The zero-order valence-electron chi connectivity index (χ0n) is 12.3. The van der Waals surface area contributed by atoms with Gasteiger partial charge in [-0.25, -0.2) is 9.78 Å². The minimum atomic E-state index is -0.686. The lowest BCUT2D eigenvalue weighted by molar-refractivity contribution is -0.384. The van der Waals surface area contributed by atoms with Gasteiger partial charge in [0.15, 0.2) is 0 Å². The first kappa shape index (κ1) is 15.2. The van der Waals surface area contributed by atoms with Gasteiger partial charge < -0.3 is 9.72 Å². The first-order chi connectivity index (χ1) is 11.6. The van der Waals surface area contributed by atoms with Crippen molar-refractivity contribution in [3.63, 3.8) is 0 Å². The maximum Gasteiger partial charge on any atom is 0.417 e. The number of benzene rings is 2. The van der Waals surface area contributed by atoms with Gasteiger partial charge in [-0.2, -0.15) is 0 Å². The molecule has 0 aliphatic rings. The van der Waals surface area contributed by atoms with E-state index < -0.39 is 11.0 Å². The van der Waals surface area contributed by atoms with Gasteiger partial charge in [0.2, 0.25) is 0 Å². The van der Waals surface area contributed by atoms with Crippen molar-refractivity contribution in [1.29, 1.82) is 0 Å². The summed E-state index contributed by atoms with van der Waals surface area (Å²) in [6.07, 6.45) is 2.68. The van der Waals surface area contributed by atoms with Crippen LogP contribution in [0.1, 0.15) is 0 Å². The molecule has 0 unspecified atom stereocenters. The number of non-ortho nitro benzene ring substituents is 1. The largest absolute Gasteiger partial charge is 0.417 e. The quantitative estimate of drug-likeness (QED) is 0.563. The Labute approximate surface area is 136 Å². The van der Waals surface area contributed by atoms with Gasteiger partial charge in [0.1, 0.15) is 11.6 Å². The number of aromatic amines is 1. The highest BCUT2D eigenvalue weighted by molar-refractivity contribution is 5.86. The molecule has 0 bridgehead atoms. The Morgan fingerprint density at radius 3 is 2.42 bits per heavy atom. The van der Waals surface area contributed by atoms with E-state index in [-0.39, 0.29) is 5.69 Å². The monoisotopic (exact) mass is 324 g/mol. The molecule has 1 aromatic heterocycles. The van der Waals surface area contributed by atoms with Crippen LogP contribution >= 0.6 is 0 Å². The Morgan fingerprint density at radius 2 is 1.83 bits per heavy atom. The number of nitrogens with one attached hydrogen (secondary N) is 2. The second-order valence-corrected chi connectivity index (χ2v) is 4.78. The highest BCUT2D eigenvalue weighted by Gasteiger charge is 2.08. The summed E-state index contributed by atoms with van der Waals surface area (Å²) in [6, 6.07) is 12.3. The van der Waals surface area contributed by atoms with E-state index in [9.17, 15) is 14.9 Å². The van der Waals surface area contributed by atoms with Gasteiger partial charge in [-0.1, -0.05) is 0 Å². The van der Waals surface area contributed by atoms with Crippen LogP contribution in [-0.4, -0.2) is 21.0 Å². The number of rotatable bonds is 4. The van der Waals surface area contributed by atoms with Crippen LogP contribution in [-0.2, 0) is 0 Å². The average Bonchev–Trinajstić information content (AvgIpc) is 3.10. The number of imidazole rings is 1. The molecule has 0 spiro atoms. The van der Waals surface area contributed by atoms with Crippen molar-refractivity contribution >= 4 is 17.5 Å². The van der Waals surface area contributed by atoms with E-state index in [2.05, 4.69) is 15.3 Å². The summed E-state index contributed by atoms with van der Waals surface area (Å²) < 4.78 is 5.15. The predicted molar refractivity (Wildman–Crippen MR) is 86.8 cm³/mol. The fourth-order valence-corrected chi connectivity index (χ4v) is 2.02. The molecule has 8 nitrogen and oxygen atoms in total. The van der Waals surface area contributed by atoms with Crippen molar-refractivity contribution in [3.8, 4) is 17.1 Å². The molecule has 0 aliphatic carbocycles. The summed E-state index contributed by atoms with van der Waals surface area (Å²) in [5.74, 6) is 1.08. The summed E-state index contributed by atoms with van der Waals surface area (Å²) in [5.41, 5.74) is 1.21. The third-order valence-electron chi connectivity index (χ3n) is 3.16. The number of ether oxygens (including phenoxy) is 1. The zero-order chi connectivity index (χ0) is 16.9. The Hall–Kier alpha value is -3.68. The SMILES string of the molecule is O=C(Nc1ccc([N+](=O)[O-])cc1)Oc1ccc(-c2ncc[nH]2)cc1. The number of nitro benzene ring substituents is 1. The summed E-state index contributed by atoms with van der Waals surface area (Å²) >= 11 is 0. The lowest BCUT2D eigenvalue weighted by Gasteiger charge is -2.07. The highest BCUT2D eigenvalue weighted by atomic mass is 16.6. The van der Waals surface area contributed by atoms with E-state index in [1.165, 1.54) is 24.3 Å². The van der Waals surface area contributed by atoms with E-state index in [0.29, 0.717) is 11.4 Å². The number of nitrogens with zero attached hydrogens (tertiary/aromatic N) is 2. The van der Waals surface area contributed by atoms with E-state index >= 15 is 0 Å². The third kappa shape index (κ3) is 3.55. The second-order valence-electron chi connectivity index (χ2n) is 4.78. The van der Waals surface area contributed by atoms with Crippen molar-refractivity contribution < 1.29 is 14.5 Å². The summed E-state index contributed by atoms with van der Waals surface area (Å²) in [5, 5.41) is 13.1. The Morgan fingerprint density at radius 1 is 1.12 bits per heavy atom. The standard InChI is InChI=1S/C16H12N4O4/c21-16(19-12-3-5-13(6-4-12)20(22)23)24-14-7-1-11(2-8-14)15-17-9-10-18-15/h1-10H,(H,17,18)(H,19,21). The van der Waals surface area contributed by atoms with Crippen molar-refractivity contribution in [1.82, 2.24) is 9.97 Å². The normalized spacial score (nSPS) is 10.2. The minimum absolute atomic E-state index is 0.0533. The van der Waals surface area contributed by atoms with Crippen molar-refractivity contribution in [2.24, 2.45) is 0 Å². The number of nitro groups is 1. The molecular weight excluding hydrogens is 312 g/mol. The van der Waals surface area contributed by atoms with Gasteiger partial charge in [-0.05, 0) is 36.4 Å². The lowest BCUT2D eigenvalue weighted by atomic mass is 10.2. The smallest absolute Gasteiger partial charge is 0.410 e. The third-order valence-corrected chi connectivity index (χ3v) is 3.16. The maximum atomic E-state index is 11.8. The molecule has 3 aromatic rings. The van der Waals surface area contributed by atoms with Gasteiger partial charge in [-0.3, -0.25) is 15.4 Å². The van der Waals surface area contributed by atoms with Gasteiger partial charge in [0.05, 0.1) is 4.92 Å². The van der Waals surface area contributed by atoms with Crippen LogP contribution in [0.2, 0.25) is 0 Å². The number of hydrogen-bond donors (Lipinski definition) is 2. The van der Waals surface area contributed by atoms with Crippen LogP contribution in [0.4, 0.5) is 16.2 Å². The van der Waals surface area contributed by atoms with Crippen LogP contribution in [0.3, 0.4) is 0 Å². The van der Waals surface area contributed by atoms with E-state index in [4.69, 9.17) is 4.74 Å². The van der Waals surface area contributed by atoms with Crippen LogP contribution in [0, 0.1) is 10.1 Å². The number of aromatic nitrogens is 2. The molecule has 1 amide bonds. The molecule has 3 rings (SSSR count). The average molecular weight is 324 g/mol. The highest BCUT2D eigenvalue weighted by Crippen LogP contribution is 2.20. The van der Waals surface area contributed by atoms with Crippen molar-refractivity contribution in [3.05, 3.63) is 71.0 Å². The van der Waals surface area contributed by atoms with Gasteiger partial charge in [0.25, 0.3) is 5.69 Å². The molecule has 0 atom stereocenters. The van der Waals surface area contributed by atoms with E-state index in [1.807, 2.05) is 0 Å². The van der Waals surface area contributed by atoms with Crippen molar-refractivity contribution in [2.75, 3.05) is 5.32 Å². The molecule has 2 N–H and O–H groups in total. The first-order valence-electron chi connectivity index (χ1n) is 6.95. The predicted octanol–water partition coefficient (Wildman–Crippen LogP) is 3.60. The number of carbonyl (C=O) groups is 1. The Bertz CT molecular complexity index is 843. The summed E-state index contributed by atoms with van der Waals surface area (Å²) in [6.45, 7) is 0. The topological polar surface area (TPSA) is 110 Å². The molecule has 0 fully saturated rings. The number of anilines is 1. The Kier molecular flexibility index (Phi) is 4.19. The van der Waals surface area contributed by atoms with Gasteiger partial charge in [0, 0.05) is 35.8 Å². The van der Waals surface area contributed by atoms with E-state index in [1.54, 1.807) is 36.7 Å². The minimum Gasteiger partial charge on any atom is -0.410 e. The summed E-state index contributed by atoms with van der Waals surface area (Å²) in [7, 11) is 0. The molecule has 1 heterocycles. The molecule has 0 saturated heterocycles. The molecule has 120 valence electrons. The first-order valence-corrected chi connectivity index (χ1v) is 6.95. The molecule has 0 aliphatic heterocycles. The van der Waals surface area contributed by atoms with Crippen LogP contribution in [0.5, 0.6) is 5.75 Å². The fraction of sp³-hybridized carbons (Fsp3) is 0. The van der Waals surface area contributed by atoms with Crippen LogP contribution < -0.4 is 10.1 Å². The van der Waals surface area contributed by atoms with Crippen LogP contribution in [0.15, 0.2) is 60.9 Å². The molecule has 8 heteroatoms. The molecule has 2 aromatic carbocycles. The number of carbonyl (C=O) groups excluding carboxylic acids is 1. The Balaban J connectivity index is 1.61. The number of amides is 1. The van der Waals surface area contributed by atoms with Gasteiger partial charge >= 0.3 is 6.09 Å². The second kappa shape index (κ2) is 6.61. The molecule has 0 radical (unpaired) electrons. The van der Waals surface area contributed by atoms with Gasteiger partial charge in [-0.15, -0.1) is 0 Å². The fourth-order valence-electron chi connectivity index (χ4n) is 2.02. The number of H-pyrrole nitrogens is 1. The lowest BCUT2D eigenvalue weighted by Crippen LogP contribution is -2.16. The maximum absolute atomic E-state index is 11.8. The molecule has 24 heavy (non-hydrogen) atoms. The summed E-state index contributed by atoms with van der Waals surface area (Å²) in [4.78, 5) is 29.0. The van der Waals surface area contributed by atoms with Crippen molar-refractivity contribution in [2.45, 2.75) is 0 Å². The van der Waals surface area contributed by atoms with E-state index in [0.717, 1.165) is 11.4 Å². The zero-order valence-corrected chi connectivity index (χ0v) is 12.3. The molecule has 0 saturated carbocycles. The molecular formula is C16H12N4O4. The van der Waals surface area contributed by atoms with Crippen LogP contribution in [0.25, 0.3) is 11.4 Å². The number of hydrogen-bond acceptors (Lipinski definition) is 5.